The first-order valence-electron chi connectivity index (χ1n) is 7.15. The lowest BCUT2D eigenvalue weighted by atomic mass is 9.86. The molecule has 0 aliphatic rings. The number of ether oxygens (including phenoxy) is 1. The average Bonchev–Trinajstić information content (AvgIpc) is 2.50. The van der Waals surface area contributed by atoms with Crippen molar-refractivity contribution in [2.75, 3.05) is 7.11 Å². The van der Waals surface area contributed by atoms with E-state index in [2.05, 4.69) is 5.32 Å². The lowest BCUT2D eigenvalue weighted by Crippen LogP contribution is -2.49. The number of para-hydroxylation sites is 1. The lowest BCUT2D eigenvalue weighted by molar-refractivity contribution is -0.145. The Morgan fingerprint density at radius 3 is 2.48 bits per heavy atom. The smallest absolute Gasteiger partial charge is 0.328 e. The maximum atomic E-state index is 12.4. The number of carbonyl (C=O) groups excluding carboxylic acids is 2. The summed E-state index contributed by atoms with van der Waals surface area (Å²) in [5.41, 5.74) is -0.558. The fourth-order valence-corrected chi connectivity index (χ4v) is 2.16. The van der Waals surface area contributed by atoms with Gasteiger partial charge in [0.2, 0.25) is 0 Å². The predicted molar refractivity (Wildman–Crippen MR) is 85.2 cm³/mol. The van der Waals surface area contributed by atoms with E-state index < -0.39 is 23.3 Å². The van der Waals surface area contributed by atoms with Crippen molar-refractivity contribution < 1.29 is 18.7 Å². The van der Waals surface area contributed by atoms with Gasteiger partial charge in [-0.15, -0.1) is 0 Å². The van der Waals surface area contributed by atoms with Gasteiger partial charge in [0.1, 0.15) is 11.6 Å². The van der Waals surface area contributed by atoms with E-state index in [0.717, 1.165) is 6.07 Å². The van der Waals surface area contributed by atoms with Crippen molar-refractivity contribution in [2.24, 2.45) is 5.41 Å². The van der Waals surface area contributed by atoms with Gasteiger partial charge in [-0.05, 0) is 17.5 Å². The summed E-state index contributed by atoms with van der Waals surface area (Å²) in [6.45, 7) is 5.39. The average molecular weight is 317 g/mol. The van der Waals surface area contributed by atoms with Crippen LogP contribution in [0, 0.1) is 5.41 Å². The van der Waals surface area contributed by atoms with Gasteiger partial charge in [0.05, 0.1) is 12.5 Å². The van der Waals surface area contributed by atoms with Gasteiger partial charge in [-0.1, -0.05) is 32.9 Å². The van der Waals surface area contributed by atoms with Crippen LogP contribution in [0.3, 0.4) is 0 Å². The summed E-state index contributed by atoms with van der Waals surface area (Å²) in [7, 11) is 1.25. The van der Waals surface area contributed by atoms with Crippen LogP contribution < -0.4 is 10.7 Å². The Morgan fingerprint density at radius 2 is 1.87 bits per heavy atom. The minimum atomic E-state index is -0.864. The number of carbonyl (C=O) groups is 2. The van der Waals surface area contributed by atoms with E-state index in [1.54, 1.807) is 45.0 Å². The van der Waals surface area contributed by atoms with Crippen LogP contribution in [0.5, 0.6) is 0 Å². The van der Waals surface area contributed by atoms with Crippen LogP contribution in [-0.4, -0.2) is 25.0 Å². The molecule has 0 aliphatic heterocycles. The summed E-state index contributed by atoms with van der Waals surface area (Å²) in [5, 5.41) is 2.96. The van der Waals surface area contributed by atoms with Gasteiger partial charge in [0.15, 0.2) is 11.2 Å². The number of nitrogens with one attached hydrogen (secondary N) is 1. The predicted octanol–water partition coefficient (Wildman–Crippen LogP) is 2.11. The lowest BCUT2D eigenvalue weighted by Gasteiger charge is -2.28. The molecular weight excluding hydrogens is 298 g/mol. The second-order valence-corrected chi connectivity index (χ2v) is 6.27. The van der Waals surface area contributed by atoms with Gasteiger partial charge in [-0.2, -0.15) is 0 Å². The summed E-state index contributed by atoms with van der Waals surface area (Å²) in [4.78, 5) is 36.3. The highest BCUT2D eigenvalue weighted by atomic mass is 16.5. The van der Waals surface area contributed by atoms with Crippen molar-refractivity contribution in [1.29, 1.82) is 0 Å². The molecule has 1 N–H and O–H groups in total. The normalized spacial score (nSPS) is 12.7. The zero-order chi connectivity index (χ0) is 17.2. The Bertz CT molecular complexity index is 800. The second-order valence-electron chi connectivity index (χ2n) is 6.27. The fourth-order valence-electron chi connectivity index (χ4n) is 2.16. The SMILES string of the molecule is COC(=O)[C@H](NC(=O)c1cc(=O)c2ccccc2o1)C(C)(C)C. The van der Waals surface area contributed by atoms with Crippen molar-refractivity contribution in [3.8, 4) is 0 Å². The molecule has 1 atom stereocenters. The molecule has 1 amide bonds. The van der Waals surface area contributed by atoms with E-state index in [-0.39, 0.29) is 11.2 Å². The van der Waals surface area contributed by atoms with Crippen LogP contribution in [-0.2, 0) is 9.53 Å². The van der Waals surface area contributed by atoms with E-state index in [4.69, 9.17) is 9.15 Å². The number of rotatable bonds is 3. The molecule has 2 rings (SSSR count). The zero-order valence-corrected chi connectivity index (χ0v) is 13.5. The monoisotopic (exact) mass is 317 g/mol. The third kappa shape index (κ3) is 3.59. The van der Waals surface area contributed by atoms with E-state index >= 15 is 0 Å². The molecule has 0 spiro atoms. The van der Waals surface area contributed by atoms with Gasteiger partial charge in [0.25, 0.3) is 5.91 Å². The van der Waals surface area contributed by atoms with Crippen LogP contribution in [0.4, 0.5) is 0 Å². The Morgan fingerprint density at radius 1 is 1.22 bits per heavy atom. The Balaban J connectivity index is 2.36. The van der Waals surface area contributed by atoms with Gasteiger partial charge < -0.3 is 14.5 Å². The summed E-state index contributed by atoms with van der Waals surface area (Å²) >= 11 is 0. The third-order valence-electron chi connectivity index (χ3n) is 3.44. The van der Waals surface area contributed by atoms with Crippen LogP contribution in [0.1, 0.15) is 31.3 Å². The number of esters is 1. The van der Waals surface area contributed by atoms with E-state index in [9.17, 15) is 14.4 Å². The Hall–Kier alpha value is -2.63. The largest absolute Gasteiger partial charge is 0.467 e. The van der Waals surface area contributed by atoms with Crippen molar-refractivity contribution in [3.05, 3.63) is 46.3 Å². The number of methoxy groups -OCH3 is 1. The molecule has 1 heterocycles. The van der Waals surface area contributed by atoms with Crippen molar-refractivity contribution in [2.45, 2.75) is 26.8 Å². The van der Waals surface area contributed by atoms with Gasteiger partial charge in [-0.3, -0.25) is 9.59 Å². The molecule has 6 heteroatoms. The molecule has 0 saturated carbocycles. The highest BCUT2D eigenvalue weighted by Gasteiger charge is 2.34. The Kier molecular flexibility index (Phi) is 4.54. The number of benzene rings is 1. The Labute approximate surface area is 133 Å². The van der Waals surface area contributed by atoms with E-state index in [1.165, 1.54) is 7.11 Å². The van der Waals surface area contributed by atoms with Gasteiger partial charge in [0, 0.05) is 6.07 Å². The zero-order valence-electron chi connectivity index (χ0n) is 13.5. The molecule has 1 aromatic heterocycles. The fraction of sp³-hybridized carbons (Fsp3) is 0.353. The minimum Gasteiger partial charge on any atom is -0.467 e. The first-order valence-corrected chi connectivity index (χ1v) is 7.15. The van der Waals surface area contributed by atoms with Crippen molar-refractivity contribution >= 4 is 22.8 Å². The van der Waals surface area contributed by atoms with Gasteiger partial charge >= 0.3 is 5.97 Å². The van der Waals surface area contributed by atoms with E-state index in [0.29, 0.717) is 11.0 Å². The topological polar surface area (TPSA) is 85.6 Å². The summed E-state index contributed by atoms with van der Waals surface area (Å²) in [5.74, 6) is -1.35. The maximum Gasteiger partial charge on any atom is 0.328 e. The highest BCUT2D eigenvalue weighted by Crippen LogP contribution is 2.21. The number of hydrogen-bond acceptors (Lipinski definition) is 5. The highest BCUT2D eigenvalue weighted by molar-refractivity contribution is 5.95. The number of amides is 1. The summed E-state index contributed by atoms with van der Waals surface area (Å²) in [6, 6.07) is 6.90. The van der Waals surface area contributed by atoms with Gasteiger partial charge in [-0.25, -0.2) is 4.79 Å². The number of hydrogen-bond donors (Lipinski definition) is 1. The van der Waals surface area contributed by atoms with Crippen molar-refractivity contribution in [3.63, 3.8) is 0 Å². The minimum absolute atomic E-state index is 0.146. The standard InChI is InChI=1S/C17H19NO5/c1-17(2,3)14(16(21)22-4)18-15(20)13-9-11(19)10-7-5-6-8-12(10)23-13/h5-9,14H,1-4H3,(H,18,20)/t14-/m0/s1. The summed E-state index contributed by atoms with van der Waals surface area (Å²) in [6.07, 6.45) is 0. The third-order valence-corrected chi connectivity index (χ3v) is 3.44. The molecule has 122 valence electrons. The molecule has 0 radical (unpaired) electrons. The van der Waals surface area contributed by atoms with Crippen LogP contribution in [0.2, 0.25) is 0 Å². The molecule has 0 saturated heterocycles. The second kappa shape index (κ2) is 6.24. The molecule has 0 bridgehead atoms. The van der Waals surface area contributed by atoms with Crippen LogP contribution >= 0.6 is 0 Å². The molecule has 2 aromatic rings. The maximum absolute atomic E-state index is 12.4. The van der Waals surface area contributed by atoms with Crippen LogP contribution in [0.15, 0.2) is 39.5 Å². The molecule has 6 nitrogen and oxygen atoms in total. The van der Waals surface area contributed by atoms with Crippen LogP contribution in [0.25, 0.3) is 11.0 Å². The molecule has 1 aromatic carbocycles. The first-order chi connectivity index (χ1) is 10.7. The summed E-state index contributed by atoms with van der Waals surface area (Å²) < 4.78 is 10.2. The molecule has 0 unspecified atom stereocenters. The molecule has 0 fully saturated rings. The molecule has 0 aliphatic carbocycles. The van der Waals surface area contributed by atoms with Crippen molar-refractivity contribution in [1.82, 2.24) is 5.32 Å². The quantitative estimate of drug-likeness (QED) is 0.876. The first kappa shape index (κ1) is 16.7. The van der Waals surface area contributed by atoms with E-state index in [1.807, 2.05) is 0 Å². The number of fused-ring (bicyclic) bond motifs is 1. The molecule has 23 heavy (non-hydrogen) atoms. The molecular formula is C17H19NO5.